The van der Waals surface area contributed by atoms with Crippen molar-refractivity contribution in [2.45, 2.75) is 71.6 Å². The van der Waals surface area contributed by atoms with Crippen LogP contribution >= 0.6 is 11.8 Å². The van der Waals surface area contributed by atoms with E-state index in [0.717, 1.165) is 6.42 Å². The lowest BCUT2D eigenvalue weighted by Gasteiger charge is -2.32. The highest BCUT2D eigenvalue weighted by molar-refractivity contribution is 8.04. The van der Waals surface area contributed by atoms with Crippen LogP contribution in [0.3, 0.4) is 0 Å². The summed E-state index contributed by atoms with van der Waals surface area (Å²) in [5.74, 6) is -0.0152. The second kappa shape index (κ2) is 8.25. The number of ether oxygens (including phenoxy) is 2. The molecule has 7 heteroatoms. The molecule has 0 radical (unpaired) electrons. The Morgan fingerprint density at radius 3 is 2.50 bits per heavy atom. The predicted octanol–water partition coefficient (Wildman–Crippen LogP) is 2.99. The molecule has 0 saturated carbocycles. The van der Waals surface area contributed by atoms with E-state index < -0.39 is 29.3 Å². The topological polar surface area (TPSA) is 84.9 Å². The molecule has 24 heavy (non-hydrogen) atoms. The predicted molar refractivity (Wildman–Crippen MR) is 94.8 cm³/mol. The number of alkyl carbamates (subject to hydrolysis) is 1. The summed E-state index contributed by atoms with van der Waals surface area (Å²) in [4.78, 5) is 24.8. The molecule has 1 aliphatic heterocycles. The number of esters is 1. The van der Waals surface area contributed by atoms with Crippen LogP contribution in [0.25, 0.3) is 0 Å². The standard InChI is InChI=1S/C17H29NO5S/c1-7-9-11(19)12-13(14(20)22-8-2)24-10-17(12,6)18-15(21)23-16(3,4)5/h11,19H,7-10H2,1-6H3,(H,18,21). The quantitative estimate of drug-likeness (QED) is 0.709. The largest absolute Gasteiger partial charge is 0.462 e. The number of aliphatic hydroxyl groups excluding tert-OH is 1. The van der Waals surface area contributed by atoms with Crippen molar-refractivity contribution >= 4 is 23.8 Å². The Labute approximate surface area is 148 Å². The van der Waals surface area contributed by atoms with Gasteiger partial charge in [0.2, 0.25) is 0 Å². The Hall–Kier alpha value is -1.21. The SMILES string of the molecule is CCCC(O)C1=C(C(=O)OCC)SCC1(C)NC(=O)OC(C)(C)C. The van der Waals surface area contributed by atoms with E-state index in [1.165, 1.54) is 11.8 Å². The highest BCUT2D eigenvalue weighted by Gasteiger charge is 2.45. The monoisotopic (exact) mass is 359 g/mol. The minimum atomic E-state index is -0.857. The molecule has 0 bridgehead atoms. The maximum atomic E-state index is 12.2. The molecule has 6 nitrogen and oxygen atoms in total. The maximum absolute atomic E-state index is 12.2. The molecule has 0 aliphatic carbocycles. The van der Waals surface area contributed by atoms with Gasteiger partial charge in [0.15, 0.2) is 0 Å². The Morgan fingerprint density at radius 2 is 2.00 bits per heavy atom. The fraction of sp³-hybridized carbons (Fsp3) is 0.765. The summed E-state index contributed by atoms with van der Waals surface area (Å²) in [6.07, 6.45) is -0.125. The number of thioether (sulfide) groups is 1. The third kappa shape index (κ3) is 5.41. The molecule has 0 saturated heterocycles. The smallest absolute Gasteiger partial charge is 0.408 e. The molecule has 2 N–H and O–H groups in total. The van der Waals surface area contributed by atoms with Crippen LogP contribution in [-0.2, 0) is 14.3 Å². The molecule has 138 valence electrons. The molecule has 1 amide bonds. The first-order chi connectivity index (χ1) is 11.0. The number of amides is 1. The van der Waals surface area contributed by atoms with E-state index in [1.807, 2.05) is 6.92 Å². The lowest BCUT2D eigenvalue weighted by Crippen LogP contribution is -2.51. The Kier molecular flexibility index (Phi) is 7.16. The van der Waals surface area contributed by atoms with Crippen molar-refractivity contribution in [3.63, 3.8) is 0 Å². The normalized spacial score (nSPS) is 22.3. The van der Waals surface area contributed by atoms with Crippen LogP contribution in [0.1, 0.15) is 54.4 Å². The Bertz CT molecular complexity index is 512. The van der Waals surface area contributed by atoms with E-state index >= 15 is 0 Å². The first kappa shape index (κ1) is 20.8. The molecular formula is C17H29NO5S. The summed E-state index contributed by atoms with van der Waals surface area (Å²) >= 11 is 1.29. The first-order valence-corrected chi connectivity index (χ1v) is 9.26. The van der Waals surface area contributed by atoms with Gasteiger partial charge in [-0.3, -0.25) is 0 Å². The number of aliphatic hydroxyl groups is 1. The minimum Gasteiger partial charge on any atom is -0.462 e. The zero-order valence-electron chi connectivity index (χ0n) is 15.4. The second-order valence-corrected chi connectivity index (χ2v) is 8.00. The summed E-state index contributed by atoms with van der Waals surface area (Å²) in [5, 5.41) is 13.4. The number of rotatable bonds is 6. The van der Waals surface area contributed by atoms with Crippen molar-refractivity contribution in [2.75, 3.05) is 12.4 Å². The van der Waals surface area contributed by atoms with Gasteiger partial charge in [-0.05, 0) is 41.0 Å². The van der Waals surface area contributed by atoms with Crippen molar-refractivity contribution in [3.8, 4) is 0 Å². The molecule has 0 fully saturated rings. The molecular weight excluding hydrogens is 330 g/mol. The average Bonchev–Trinajstić information content (AvgIpc) is 2.74. The lowest BCUT2D eigenvalue weighted by atomic mass is 9.87. The minimum absolute atomic E-state index is 0.260. The molecule has 1 heterocycles. The van der Waals surface area contributed by atoms with Crippen molar-refractivity contribution in [1.82, 2.24) is 5.32 Å². The molecule has 0 aromatic heterocycles. The van der Waals surface area contributed by atoms with Crippen molar-refractivity contribution in [3.05, 3.63) is 10.5 Å². The van der Waals surface area contributed by atoms with Gasteiger partial charge in [0.1, 0.15) is 5.60 Å². The van der Waals surface area contributed by atoms with E-state index in [-0.39, 0.29) is 6.61 Å². The van der Waals surface area contributed by atoms with E-state index in [0.29, 0.717) is 22.7 Å². The Morgan fingerprint density at radius 1 is 1.38 bits per heavy atom. The number of nitrogens with one attached hydrogen (secondary N) is 1. The van der Waals surface area contributed by atoms with Crippen LogP contribution in [0.4, 0.5) is 4.79 Å². The number of hydrogen-bond donors (Lipinski definition) is 2. The van der Waals surface area contributed by atoms with Crippen LogP contribution < -0.4 is 5.32 Å². The second-order valence-electron chi connectivity index (χ2n) is 7.02. The molecule has 0 aromatic carbocycles. The highest BCUT2D eigenvalue weighted by atomic mass is 32.2. The summed E-state index contributed by atoms with van der Waals surface area (Å²) in [7, 11) is 0. The third-order valence-corrected chi connectivity index (χ3v) is 4.87. The van der Waals surface area contributed by atoms with E-state index in [9.17, 15) is 14.7 Å². The average molecular weight is 359 g/mol. The number of hydrogen-bond acceptors (Lipinski definition) is 6. The van der Waals surface area contributed by atoms with Gasteiger partial charge in [0.05, 0.1) is 23.2 Å². The zero-order valence-corrected chi connectivity index (χ0v) is 16.2. The van der Waals surface area contributed by atoms with Gasteiger partial charge < -0.3 is 19.9 Å². The van der Waals surface area contributed by atoms with Gasteiger partial charge in [-0.1, -0.05) is 13.3 Å². The number of carbonyl (C=O) groups excluding carboxylic acids is 2. The first-order valence-electron chi connectivity index (χ1n) is 8.27. The van der Waals surface area contributed by atoms with Crippen molar-refractivity contribution in [2.24, 2.45) is 0 Å². The molecule has 0 aromatic rings. The summed E-state index contributed by atoms with van der Waals surface area (Å²) in [6.45, 7) is 11.1. The molecule has 1 aliphatic rings. The van der Waals surface area contributed by atoms with Crippen molar-refractivity contribution < 1.29 is 24.2 Å². The van der Waals surface area contributed by atoms with E-state index in [4.69, 9.17) is 9.47 Å². The number of carbonyl (C=O) groups is 2. The highest BCUT2D eigenvalue weighted by Crippen LogP contribution is 2.42. The maximum Gasteiger partial charge on any atom is 0.408 e. The van der Waals surface area contributed by atoms with Crippen LogP contribution in [0.5, 0.6) is 0 Å². The van der Waals surface area contributed by atoms with Gasteiger partial charge in [0.25, 0.3) is 0 Å². The van der Waals surface area contributed by atoms with Crippen LogP contribution in [-0.4, -0.2) is 46.8 Å². The molecule has 0 spiro atoms. The summed E-state index contributed by atoms with van der Waals surface area (Å²) in [6, 6.07) is 0. The fourth-order valence-corrected chi connectivity index (χ4v) is 3.91. The van der Waals surface area contributed by atoms with E-state index in [1.54, 1.807) is 34.6 Å². The van der Waals surface area contributed by atoms with Crippen LogP contribution in [0.2, 0.25) is 0 Å². The lowest BCUT2D eigenvalue weighted by molar-refractivity contribution is -0.137. The van der Waals surface area contributed by atoms with E-state index in [2.05, 4.69) is 5.32 Å². The van der Waals surface area contributed by atoms with Crippen LogP contribution in [0, 0.1) is 0 Å². The summed E-state index contributed by atoms with van der Waals surface area (Å²) in [5.41, 5.74) is -0.968. The van der Waals surface area contributed by atoms with Gasteiger partial charge in [-0.2, -0.15) is 0 Å². The van der Waals surface area contributed by atoms with Crippen molar-refractivity contribution in [1.29, 1.82) is 0 Å². The summed E-state index contributed by atoms with van der Waals surface area (Å²) < 4.78 is 10.4. The van der Waals surface area contributed by atoms with Crippen LogP contribution in [0.15, 0.2) is 10.5 Å². The fourth-order valence-electron chi connectivity index (χ4n) is 2.56. The molecule has 1 rings (SSSR count). The van der Waals surface area contributed by atoms with Gasteiger partial charge in [-0.25, -0.2) is 9.59 Å². The van der Waals surface area contributed by atoms with Gasteiger partial charge >= 0.3 is 12.1 Å². The van der Waals surface area contributed by atoms with Gasteiger partial charge in [-0.15, -0.1) is 11.8 Å². The molecule has 2 atom stereocenters. The Balaban J connectivity index is 3.11. The van der Waals surface area contributed by atoms with Gasteiger partial charge in [0, 0.05) is 11.3 Å². The zero-order chi connectivity index (χ0) is 18.5. The molecule has 2 unspecified atom stereocenters. The third-order valence-electron chi connectivity index (χ3n) is 3.48.